The molecule has 2 aliphatic rings. The number of ether oxygens (including phenoxy) is 2. The highest BCUT2D eigenvalue weighted by Gasteiger charge is 2.36. The summed E-state index contributed by atoms with van der Waals surface area (Å²) in [7, 11) is -3.78. The van der Waals surface area contributed by atoms with E-state index in [1.54, 1.807) is 10.4 Å². The number of fused-ring (bicyclic) bond motifs is 1. The van der Waals surface area contributed by atoms with Crippen LogP contribution in [0.3, 0.4) is 0 Å². The largest absolute Gasteiger partial charge is 0.381 e. The lowest BCUT2D eigenvalue weighted by atomic mass is 9.92. The summed E-state index contributed by atoms with van der Waals surface area (Å²) in [6.07, 6.45) is 5.48. The monoisotopic (exact) mass is 394 g/mol. The molecule has 1 atom stereocenters. The molecule has 27 heavy (non-hydrogen) atoms. The van der Waals surface area contributed by atoms with Gasteiger partial charge in [0.05, 0.1) is 18.1 Å². The first-order chi connectivity index (χ1) is 13.1. The van der Waals surface area contributed by atoms with E-state index in [1.165, 1.54) is 24.5 Å². The van der Waals surface area contributed by atoms with Crippen LogP contribution < -0.4 is 0 Å². The lowest BCUT2D eigenvalue weighted by Gasteiger charge is -2.37. The van der Waals surface area contributed by atoms with Gasteiger partial charge in [0.15, 0.2) is 0 Å². The summed E-state index contributed by atoms with van der Waals surface area (Å²) in [5.41, 5.74) is 0. The first-order valence-corrected chi connectivity index (χ1v) is 10.7. The fourth-order valence-corrected chi connectivity index (χ4v) is 5.79. The van der Waals surface area contributed by atoms with Crippen molar-refractivity contribution in [2.45, 2.75) is 30.2 Å². The van der Waals surface area contributed by atoms with E-state index < -0.39 is 15.8 Å². The quantitative estimate of drug-likeness (QED) is 0.797. The van der Waals surface area contributed by atoms with Gasteiger partial charge >= 0.3 is 0 Å². The number of pyridine rings is 1. The zero-order valence-electron chi connectivity index (χ0n) is 15.0. The summed E-state index contributed by atoms with van der Waals surface area (Å²) in [5.74, 6) is -0.0462. The van der Waals surface area contributed by atoms with Crippen LogP contribution in [0.1, 0.15) is 19.3 Å². The maximum Gasteiger partial charge on any atom is 0.244 e. The van der Waals surface area contributed by atoms with E-state index in [0.29, 0.717) is 31.1 Å². The van der Waals surface area contributed by atoms with Crippen molar-refractivity contribution in [3.63, 3.8) is 0 Å². The van der Waals surface area contributed by atoms with Crippen molar-refractivity contribution in [1.82, 2.24) is 9.29 Å². The van der Waals surface area contributed by atoms with Crippen molar-refractivity contribution in [2.24, 2.45) is 5.92 Å². The number of hydrogen-bond acceptors (Lipinski definition) is 5. The maximum atomic E-state index is 14.1. The average Bonchev–Trinajstić information content (AvgIpc) is 2.69. The molecule has 0 saturated carbocycles. The highest BCUT2D eigenvalue weighted by Crippen LogP contribution is 2.31. The van der Waals surface area contributed by atoms with Crippen molar-refractivity contribution in [2.75, 3.05) is 33.0 Å². The Balaban J connectivity index is 1.68. The Kier molecular flexibility index (Phi) is 5.41. The molecule has 0 N–H and O–H groups in total. The van der Waals surface area contributed by atoms with Gasteiger partial charge in [-0.05, 0) is 43.4 Å². The third-order valence-corrected chi connectivity index (χ3v) is 7.44. The minimum atomic E-state index is -3.78. The second kappa shape index (κ2) is 7.79. The molecule has 2 saturated heterocycles. The topological polar surface area (TPSA) is 68.7 Å². The number of morpholine rings is 1. The molecule has 1 aromatic carbocycles. The normalized spacial score (nSPS) is 22.9. The zero-order valence-corrected chi connectivity index (χ0v) is 15.8. The van der Waals surface area contributed by atoms with Gasteiger partial charge in [-0.1, -0.05) is 0 Å². The fraction of sp³-hybridized carbons (Fsp3) is 0.526. The summed E-state index contributed by atoms with van der Waals surface area (Å²) < 4.78 is 53.6. The lowest BCUT2D eigenvalue weighted by Crippen LogP contribution is -2.49. The van der Waals surface area contributed by atoms with Gasteiger partial charge in [-0.15, -0.1) is 0 Å². The molecule has 6 nitrogen and oxygen atoms in total. The van der Waals surface area contributed by atoms with Crippen LogP contribution in [0.25, 0.3) is 10.8 Å². The third kappa shape index (κ3) is 3.71. The zero-order chi connectivity index (χ0) is 18.9. The smallest absolute Gasteiger partial charge is 0.244 e. The number of sulfonamides is 1. The molecule has 2 aliphatic heterocycles. The van der Waals surface area contributed by atoms with Crippen molar-refractivity contribution in [1.29, 1.82) is 0 Å². The van der Waals surface area contributed by atoms with Gasteiger partial charge in [0.1, 0.15) is 5.82 Å². The Morgan fingerprint density at radius 1 is 1.11 bits per heavy atom. The standard InChI is InChI=1S/C19H23FN2O4S/c20-18-1-2-19(16-3-6-21-12-17(16)18)27(23,24)22-7-10-26-13-15(22)11-14-4-8-25-9-5-14/h1-3,6,12,14-15H,4-5,7-11,13H2. The fourth-order valence-electron chi connectivity index (χ4n) is 3.99. The Morgan fingerprint density at radius 2 is 1.93 bits per heavy atom. The van der Waals surface area contributed by atoms with E-state index in [-0.39, 0.29) is 16.3 Å². The maximum absolute atomic E-state index is 14.1. The minimum absolute atomic E-state index is 0.125. The van der Waals surface area contributed by atoms with Crippen LogP contribution in [0, 0.1) is 11.7 Å². The molecule has 0 aliphatic carbocycles. The molecule has 8 heteroatoms. The molecule has 2 aromatic rings. The van der Waals surface area contributed by atoms with Crippen LogP contribution in [-0.2, 0) is 19.5 Å². The van der Waals surface area contributed by atoms with Crippen LogP contribution in [0.4, 0.5) is 4.39 Å². The number of halogens is 1. The van der Waals surface area contributed by atoms with Gasteiger partial charge in [-0.25, -0.2) is 12.8 Å². The predicted octanol–water partition coefficient (Wildman–Crippen LogP) is 2.58. The molecule has 0 amide bonds. The number of hydrogen-bond donors (Lipinski definition) is 0. The lowest BCUT2D eigenvalue weighted by molar-refractivity contribution is 0.00809. The Morgan fingerprint density at radius 3 is 2.74 bits per heavy atom. The molecule has 1 unspecified atom stereocenters. The Bertz CT molecular complexity index is 915. The van der Waals surface area contributed by atoms with Crippen molar-refractivity contribution in [3.05, 3.63) is 36.4 Å². The highest BCUT2D eigenvalue weighted by atomic mass is 32.2. The van der Waals surface area contributed by atoms with Crippen LogP contribution >= 0.6 is 0 Å². The molecule has 1 aromatic heterocycles. The Labute approximate surface area is 158 Å². The number of aromatic nitrogens is 1. The van der Waals surface area contributed by atoms with Crippen LogP contribution in [-0.4, -0.2) is 56.7 Å². The van der Waals surface area contributed by atoms with E-state index in [9.17, 15) is 12.8 Å². The minimum Gasteiger partial charge on any atom is -0.381 e. The summed E-state index contributed by atoms with van der Waals surface area (Å²) in [6.45, 7) is 2.50. The number of rotatable bonds is 4. The van der Waals surface area contributed by atoms with Crippen molar-refractivity contribution < 1.29 is 22.3 Å². The van der Waals surface area contributed by atoms with Crippen LogP contribution in [0.15, 0.2) is 35.5 Å². The molecule has 3 heterocycles. The van der Waals surface area contributed by atoms with Gasteiger partial charge in [0.25, 0.3) is 0 Å². The van der Waals surface area contributed by atoms with E-state index in [1.807, 2.05) is 0 Å². The predicted molar refractivity (Wildman–Crippen MR) is 98.4 cm³/mol. The summed E-state index contributed by atoms with van der Waals surface area (Å²) in [6, 6.07) is 3.90. The second-order valence-electron chi connectivity index (χ2n) is 7.10. The molecular formula is C19H23FN2O4S. The van der Waals surface area contributed by atoms with Crippen molar-refractivity contribution >= 4 is 20.8 Å². The first kappa shape index (κ1) is 18.7. The van der Waals surface area contributed by atoms with Crippen molar-refractivity contribution in [3.8, 4) is 0 Å². The second-order valence-corrected chi connectivity index (χ2v) is 8.96. The summed E-state index contributed by atoms with van der Waals surface area (Å²) >= 11 is 0. The highest BCUT2D eigenvalue weighted by molar-refractivity contribution is 7.89. The molecule has 146 valence electrons. The molecular weight excluding hydrogens is 371 g/mol. The SMILES string of the molecule is O=S(=O)(c1ccc(F)c2cnccc12)N1CCOCC1CC1CCOCC1. The van der Waals surface area contributed by atoms with E-state index >= 15 is 0 Å². The van der Waals surface area contributed by atoms with Gasteiger partial charge < -0.3 is 9.47 Å². The van der Waals surface area contributed by atoms with E-state index in [0.717, 1.165) is 32.5 Å². The summed E-state index contributed by atoms with van der Waals surface area (Å²) in [4.78, 5) is 4.05. The average molecular weight is 394 g/mol. The summed E-state index contributed by atoms with van der Waals surface area (Å²) in [5, 5.41) is 0.578. The van der Waals surface area contributed by atoms with Crippen LogP contribution in [0.5, 0.6) is 0 Å². The molecule has 2 fully saturated rings. The van der Waals surface area contributed by atoms with E-state index in [2.05, 4.69) is 4.98 Å². The first-order valence-electron chi connectivity index (χ1n) is 9.27. The number of nitrogens with zero attached hydrogens (tertiary/aromatic N) is 2. The molecule has 0 bridgehead atoms. The Hall–Kier alpha value is -1.61. The van der Waals surface area contributed by atoms with Gasteiger partial charge in [-0.3, -0.25) is 4.98 Å². The molecule has 0 spiro atoms. The molecule has 4 rings (SSSR count). The van der Waals surface area contributed by atoms with Crippen LogP contribution in [0.2, 0.25) is 0 Å². The van der Waals surface area contributed by atoms with Gasteiger partial charge in [0.2, 0.25) is 10.0 Å². The number of benzene rings is 1. The van der Waals surface area contributed by atoms with Gasteiger partial charge in [-0.2, -0.15) is 4.31 Å². The molecule has 0 radical (unpaired) electrons. The third-order valence-electron chi connectivity index (χ3n) is 5.43. The van der Waals surface area contributed by atoms with E-state index in [4.69, 9.17) is 9.47 Å². The van der Waals surface area contributed by atoms with Gasteiger partial charge in [0, 0.05) is 49.0 Å².